The standard InChI is InChI=1S/C17H16N4O2S/c1-11-3-4-14(12(2)9-11)19-15(22)10-24-17-21-20-16(23-17)13-5-7-18-8-6-13/h3-9H,10H2,1-2H3,(H,19,22). The van der Waals surface area contributed by atoms with Crippen LogP contribution in [0.15, 0.2) is 52.4 Å². The summed E-state index contributed by atoms with van der Waals surface area (Å²) in [7, 11) is 0. The Morgan fingerprint density at radius 1 is 1.17 bits per heavy atom. The summed E-state index contributed by atoms with van der Waals surface area (Å²) in [5.74, 6) is 0.496. The van der Waals surface area contributed by atoms with Crippen LogP contribution in [-0.4, -0.2) is 26.8 Å². The third kappa shape index (κ3) is 3.99. The summed E-state index contributed by atoms with van der Waals surface area (Å²) in [4.78, 5) is 16.0. The Morgan fingerprint density at radius 2 is 1.96 bits per heavy atom. The molecule has 1 N–H and O–H groups in total. The molecule has 0 bridgehead atoms. The van der Waals surface area contributed by atoms with E-state index in [1.54, 1.807) is 24.5 Å². The van der Waals surface area contributed by atoms with Gasteiger partial charge in [-0.2, -0.15) is 0 Å². The minimum Gasteiger partial charge on any atom is -0.411 e. The van der Waals surface area contributed by atoms with Gasteiger partial charge in [-0.1, -0.05) is 29.5 Å². The molecule has 122 valence electrons. The van der Waals surface area contributed by atoms with Crippen molar-refractivity contribution in [3.63, 3.8) is 0 Å². The van der Waals surface area contributed by atoms with Crippen LogP contribution >= 0.6 is 11.8 Å². The average molecular weight is 340 g/mol. The normalized spacial score (nSPS) is 10.6. The van der Waals surface area contributed by atoms with Gasteiger partial charge in [0.2, 0.25) is 11.8 Å². The van der Waals surface area contributed by atoms with Gasteiger partial charge in [-0.05, 0) is 37.6 Å². The van der Waals surface area contributed by atoms with E-state index in [0.29, 0.717) is 11.1 Å². The molecule has 3 rings (SSSR count). The van der Waals surface area contributed by atoms with Crippen LogP contribution in [0, 0.1) is 13.8 Å². The first-order valence-corrected chi connectivity index (χ1v) is 8.34. The van der Waals surface area contributed by atoms with Crippen molar-refractivity contribution in [2.75, 3.05) is 11.1 Å². The van der Waals surface area contributed by atoms with E-state index in [4.69, 9.17) is 4.42 Å². The fourth-order valence-electron chi connectivity index (χ4n) is 2.15. The minimum absolute atomic E-state index is 0.115. The Morgan fingerprint density at radius 3 is 2.71 bits per heavy atom. The van der Waals surface area contributed by atoms with Crippen LogP contribution in [0.5, 0.6) is 0 Å². The average Bonchev–Trinajstić information content (AvgIpc) is 3.05. The van der Waals surface area contributed by atoms with Crippen molar-refractivity contribution in [1.82, 2.24) is 15.2 Å². The summed E-state index contributed by atoms with van der Waals surface area (Å²) in [6.07, 6.45) is 3.31. The number of anilines is 1. The molecule has 0 saturated carbocycles. The Hall–Kier alpha value is -2.67. The van der Waals surface area contributed by atoms with Gasteiger partial charge in [0, 0.05) is 23.6 Å². The van der Waals surface area contributed by atoms with Gasteiger partial charge >= 0.3 is 0 Å². The zero-order valence-corrected chi connectivity index (χ0v) is 14.1. The quantitative estimate of drug-likeness (QED) is 0.716. The van der Waals surface area contributed by atoms with Gasteiger partial charge in [-0.25, -0.2) is 0 Å². The zero-order valence-electron chi connectivity index (χ0n) is 13.3. The van der Waals surface area contributed by atoms with E-state index in [9.17, 15) is 4.79 Å². The van der Waals surface area contributed by atoms with Crippen molar-refractivity contribution in [3.05, 3.63) is 53.9 Å². The lowest BCUT2D eigenvalue weighted by Gasteiger charge is -2.08. The van der Waals surface area contributed by atoms with Gasteiger partial charge in [0.1, 0.15) is 0 Å². The van der Waals surface area contributed by atoms with Crippen molar-refractivity contribution in [3.8, 4) is 11.5 Å². The molecular formula is C17H16N4O2S. The highest BCUT2D eigenvalue weighted by Crippen LogP contribution is 2.23. The molecule has 24 heavy (non-hydrogen) atoms. The van der Waals surface area contributed by atoms with Crippen molar-refractivity contribution in [1.29, 1.82) is 0 Å². The predicted molar refractivity (Wildman–Crippen MR) is 92.8 cm³/mol. The summed E-state index contributed by atoms with van der Waals surface area (Å²) >= 11 is 1.20. The van der Waals surface area contributed by atoms with E-state index in [1.165, 1.54) is 11.8 Å². The second-order valence-electron chi connectivity index (χ2n) is 5.26. The molecule has 0 unspecified atom stereocenters. The van der Waals surface area contributed by atoms with Crippen LogP contribution in [0.2, 0.25) is 0 Å². The topological polar surface area (TPSA) is 80.9 Å². The smallest absolute Gasteiger partial charge is 0.277 e. The lowest BCUT2D eigenvalue weighted by atomic mass is 10.1. The number of nitrogens with zero attached hydrogens (tertiary/aromatic N) is 3. The molecule has 0 spiro atoms. The maximum Gasteiger partial charge on any atom is 0.277 e. The number of carbonyl (C=O) groups excluding carboxylic acids is 1. The highest BCUT2D eigenvalue weighted by atomic mass is 32.2. The van der Waals surface area contributed by atoms with Crippen molar-refractivity contribution < 1.29 is 9.21 Å². The van der Waals surface area contributed by atoms with Crippen LogP contribution in [0.3, 0.4) is 0 Å². The van der Waals surface area contributed by atoms with Gasteiger partial charge in [0.15, 0.2) is 0 Å². The van der Waals surface area contributed by atoms with E-state index < -0.39 is 0 Å². The Labute approximate surface area is 143 Å². The third-order valence-corrected chi connectivity index (χ3v) is 4.13. The van der Waals surface area contributed by atoms with Crippen molar-refractivity contribution >= 4 is 23.4 Å². The summed E-state index contributed by atoms with van der Waals surface area (Å²) in [5.41, 5.74) is 3.80. The maximum absolute atomic E-state index is 12.1. The number of carbonyl (C=O) groups is 1. The highest BCUT2D eigenvalue weighted by Gasteiger charge is 2.11. The second-order valence-corrected chi connectivity index (χ2v) is 6.19. The first-order chi connectivity index (χ1) is 11.6. The molecule has 0 aliphatic rings. The fourth-order valence-corrected chi connectivity index (χ4v) is 2.71. The molecule has 0 aliphatic heterocycles. The van der Waals surface area contributed by atoms with Crippen LogP contribution in [0.4, 0.5) is 5.69 Å². The number of thioether (sulfide) groups is 1. The summed E-state index contributed by atoms with van der Waals surface area (Å²) in [5, 5.41) is 11.2. The Bertz CT molecular complexity index is 849. The number of benzene rings is 1. The van der Waals surface area contributed by atoms with E-state index in [-0.39, 0.29) is 11.7 Å². The molecule has 2 heterocycles. The largest absolute Gasteiger partial charge is 0.411 e. The molecule has 0 saturated heterocycles. The zero-order chi connectivity index (χ0) is 16.9. The summed E-state index contributed by atoms with van der Waals surface area (Å²) in [6.45, 7) is 3.99. The molecule has 0 radical (unpaired) electrons. The molecule has 3 aromatic rings. The second kappa shape index (κ2) is 7.27. The Balaban J connectivity index is 1.58. The number of rotatable bonds is 5. The lowest BCUT2D eigenvalue weighted by molar-refractivity contribution is -0.113. The van der Waals surface area contributed by atoms with Crippen LogP contribution in [0.1, 0.15) is 11.1 Å². The van der Waals surface area contributed by atoms with Crippen LogP contribution < -0.4 is 5.32 Å². The number of nitrogens with one attached hydrogen (secondary N) is 1. The van der Waals surface area contributed by atoms with Gasteiger partial charge in [0.05, 0.1) is 5.75 Å². The molecule has 0 fully saturated rings. The van der Waals surface area contributed by atoms with E-state index in [0.717, 1.165) is 22.4 Å². The third-order valence-electron chi connectivity index (χ3n) is 3.32. The summed E-state index contributed by atoms with van der Waals surface area (Å²) in [6, 6.07) is 9.47. The molecule has 1 amide bonds. The monoisotopic (exact) mass is 340 g/mol. The number of amides is 1. The predicted octanol–water partition coefficient (Wildman–Crippen LogP) is 3.48. The minimum atomic E-state index is -0.115. The highest BCUT2D eigenvalue weighted by molar-refractivity contribution is 7.99. The van der Waals surface area contributed by atoms with Gasteiger partial charge < -0.3 is 9.73 Å². The molecule has 7 heteroatoms. The fraction of sp³-hybridized carbons (Fsp3) is 0.176. The number of hydrogen-bond donors (Lipinski definition) is 1. The van der Waals surface area contributed by atoms with Gasteiger partial charge in [0.25, 0.3) is 5.22 Å². The molecule has 0 atom stereocenters. The van der Waals surface area contributed by atoms with E-state index in [1.807, 2.05) is 32.0 Å². The first kappa shape index (κ1) is 16.2. The number of aromatic nitrogens is 3. The molecule has 0 aliphatic carbocycles. The SMILES string of the molecule is Cc1ccc(NC(=O)CSc2nnc(-c3ccncc3)o2)c(C)c1. The number of pyridine rings is 1. The van der Waals surface area contributed by atoms with E-state index >= 15 is 0 Å². The van der Waals surface area contributed by atoms with Gasteiger partial charge in [-0.15, -0.1) is 10.2 Å². The maximum atomic E-state index is 12.1. The van der Waals surface area contributed by atoms with E-state index in [2.05, 4.69) is 20.5 Å². The molecular weight excluding hydrogens is 324 g/mol. The first-order valence-electron chi connectivity index (χ1n) is 7.35. The summed E-state index contributed by atoms with van der Waals surface area (Å²) < 4.78 is 5.54. The lowest BCUT2D eigenvalue weighted by Crippen LogP contribution is -2.14. The van der Waals surface area contributed by atoms with Crippen molar-refractivity contribution in [2.45, 2.75) is 19.1 Å². The van der Waals surface area contributed by atoms with Crippen LogP contribution in [-0.2, 0) is 4.79 Å². The number of aryl methyl sites for hydroxylation is 2. The molecule has 6 nitrogen and oxygen atoms in total. The number of hydrogen-bond acceptors (Lipinski definition) is 6. The molecule has 1 aromatic carbocycles. The van der Waals surface area contributed by atoms with Crippen molar-refractivity contribution in [2.24, 2.45) is 0 Å². The van der Waals surface area contributed by atoms with Crippen LogP contribution in [0.25, 0.3) is 11.5 Å². The molecule has 2 aromatic heterocycles. The Kier molecular flexibility index (Phi) is 4.90. The van der Waals surface area contributed by atoms with Gasteiger partial charge in [-0.3, -0.25) is 9.78 Å².